The number of benzene rings is 1. The minimum atomic E-state index is -0.479. The Labute approximate surface area is 164 Å². The van der Waals surface area contributed by atoms with E-state index < -0.39 is 5.60 Å². The topological polar surface area (TPSA) is 38.8 Å². The van der Waals surface area contributed by atoms with Crippen molar-refractivity contribution in [3.05, 3.63) is 28.8 Å². The van der Waals surface area contributed by atoms with Gasteiger partial charge in [0.05, 0.1) is 7.11 Å². The molecule has 3 atom stereocenters. The number of hydrogen-bond donors (Lipinski definition) is 0. The van der Waals surface area contributed by atoms with Gasteiger partial charge in [-0.25, -0.2) is 4.79 Å². The number of ether oxygens (including phenoxy) is 2. The van der Waals surface area contributed by atoms with Gasteiger partial charge in [-0.3, -0.25) is 0 Å². The Hall–Kier alpha value is -1.71. The van der Waals surface area contributed by atoms with Crippen molar-refractivity contribution in [1.82, 2.24) is 4.90 Å². The van der Waals surface area contributed by atoms with Crippen LogP contribution in [0.2, 0.25) is 0 Å². The molecule has 0 N–H and O–H groups in total. The molecule has 0 saturated carbocycles. The van der Waals surface area contributed by atoms with Crippen molar-refractivity contribution < 1.29 is 14.3 Å². The molecule has 1 aliphatic heterocycles. The molecule has 1 aromatic rings. The number of carbonyl (C=O) groups excluding carboxylic acids is 1. The molecular weight excluding hydrogens is 338 g/mol. The third-order valence-electron chi connectivity index (χ3n) is 6.50. The molecule has 1 aliphatic carbocycles. The van der Waals surface area contributed by atoms with Crippen LogP contribution in [0.15, 0.2) is 12.1 Å². The zero-order valence-electron chi connectivity index (χ0n) is 18.2. The van der Waals surface area contributed by atoms with Gasteiger partial charge in [-0.1, -0.05) is 33.3 Å². The summed E-state index contributed by atoms with van der Waals surface area (Å²) < 4.78 is 11.3. The van der Waals surface area contributed by atoms with Crippen LogP contribution in [0.25, 0.3) is 0 Å². The Balaban J connectivity index is 2.07. The van der Waals surface area contributed by atoms with Crippen molar-refractivity contribution in [3.8, 4) is 5.75 Å². The van der Waals surface area contributed by atoms with E-state index in [1.165, 1.54) is 16.7 Å². The van der Waals surface area contributed by atoms with E-state index in [0.29, 0.717) is 11.8 Å². The predicted octanol–water partition coefficient (Wildman–Crippen LogP) is 5.32. The smallest absolute Gasteiger partial charge is 0.410 e. The van der Waals surface area contributed by atoms with Crippen LogP contribution < -0.4 is 4.74 Å². The highest BCUT2D eigenvalue weighted by molar-refractivity contribution is 5.69. The largest absolute Gasteiger partial charge is 0.496 e. The van der Waals surface area contributed by atoms with Crippen LogP contribution >= 0.6 is 0 Å². The summed E-state index contributed by atoms with van der Waals surface area (Å²) >= 11 is 0. The van der Waals surface area contributed by atoms with Crippen LogP contribution in [0.5, 0.6) is 5.75 Å². The molecule has 0 aromatic heterocycles. The van der Waals surface area contributed by atoms with E-state index in [-0.39, 0.29) is 17.6 Å². The highest BCUT2D eigenvalue weighted by atomic mass is 16.6. The van der Waals surface area contributed by atoms with Crippen LogP contribution in [-0.4, -0.2) is 36.3 Å². The van der Waals surface area contributed by atoms with Crippen molar-refractivity contribution in [2.24, 2.45) is 11.3 Å². The molecular formula is C23H35NO3. The molecule has 4 nitrogen and oxygen atoms in total. The summed E-state index contributed by atoms with van der Waals surface area (Å²) in [5.41, 5.74) is 3.48. The van der Waals surface area contributed by atoms with Gasteiger partial charge in [0.25, 0.3) is 0 Å². The fourth-order valence-electron chi connectivity index (χ4n) is 5.26. The van der Waals surface area contributed by atoms with Gasteiger partial charge < -0.3 is 14.4 Å². The predicted molar refractivity (Wildman–Crippen MR) is 108 cm³/mol. The van der Waals surface area contributed by atoms with E-state index in [2.05, 4.69) is 39.8 Å². The lowest BCUT2D eigenvalue weighted by Crippen LogP contribution is -2.62. The zero-order valence-corrected chi connectivity index (χ0v) is 18.2. The summed E-state index contributed by atoms with van der Waals surface area (Å²) in [4.78, 5) is 15.0. The summed E-state index contributed by atoms with van der Waals surface area (Å²) in [5.74, 6) is 1.80. The lowest BCUT2D eigenvalue weighted by Gasteiger charge is -2.57. The number of likely N-dealkylation sites (tertiary alicyclic amines) is 1. The van der Waals surface area contributed by atoms with Crippen LogP contribution in [0.1, 0.15) is 70.6 Å². The SMILES string of the molecule is CCC1CN(C(=O)OC(C)(C)C)[C@@H]2Cc3cc(OC)c(C)cc3[C@H]1C2(C)C. The zero-order chi connectivity index (χ0) is 20.1. The van der Waals surface area contributed by atoms with Crippen LogP contribution in [0.4, 0.5) is 4.79 Å². The molecule has 27 heavy (non-hydrogen) atoms. The van der Waals surface area contributed by atoms with Crippen LogP contribution in [0.3, 0.4) is 0 Å². The van der Waals surface area contributed by atoms with E-state index in [1.807, 2.05) is 25.7 Å². The lowest BCUT2D eigenvalue weighted by atomic mass is 9.56. The quantitative estimate of drug-likeness (QED) is 0.705. The second kappa shape index (κ2) is 6.72. The third kappa shape index (κ3) is 3.43. The van der Waals surface area contributed by atoms with Crippen LogP contribution in [-0.2, 0) is 11.2 Å². The second-order valence-corrected chi connectivity index (χ2v) is 9.84. The van der Waals surface area contributed by atoms with E-state index in [1.54, 1.807) is 7.11 Å². The maximum atomic E-state index is 13.0. The number of carbonyl (C=O) groups is 1. The van der Waals surface area contributed by atoms with Crippen molar-refractivity contribution in [2.75, 3.05) is 13.7 Å². The molecule has 1 aromatic carbocycles. The summed E-state index contributed by atoms with van der Waals surface area (Å²) in [5, 5.41) is 0. The Morgan fingerprint density at radius 1 is 1.30 bits per heavy atom. The van der Waals surface area contributed by atoms with Gasteiger partial charge in [-0.2, -0.15) is 0 Å². The van der Waals surface area contributed by atoms with Gasteiger partial charge >= 0.3 is 6.09 Å². The first-order valence-corrected chi connectivity index (χ1v) is 10.2. The first kappa shape index (κ1) is 20.0. The Bertz CT molecular complexity index is 732. The van der Waals surface area contributed by atoms with Crippen molar-refractivity contribution in [2.45, 2.75) is 78.9 Å². The standard InChI is InChI=1S/C23H35NO3/c1-9-15-13-24(21(25)27-22(3,4)5)19-12-16-11-18(26-8)14(2)10-17(16)20(15)23(19,6)7/h10-11,15,19-20H,9,12-13H2,1-8H3/t15?,19-,20+/m1/s1. The van der Waals surface area contributed by atoms with Gasteiger partial charge in [-0.05, 0) is 74.1 Å². The molecule has 3 rings (SSSR count). The molecule has 1 amide bonds. The van der Waals surface area contributed by atoms with Gasteiger partial charge in [0.15, 0.2) is 0 Å². The van der Waals surface area contributed by atoms with E-state index in [4.69, 9.17) is 9.47 Å². The number of piperidine rings is 1. The minimum Gasteiger partial charge on any atom is -0.496 e. The molecule has 150 valence electrons. The Morgan fingerprint density at radius 3 is 2.52 bits per heavy atom. The van der Waals surface area contributed by atoms with Gasteiger partial charge in [-0.15, -0.1) is 0 Å². The average Bonchev–Trinajstić information content (AvgIpc) is 2.53. The molecule has 1 fully saturated rings. The molecule has 1 heterocycles. The van der Waals surface area contributed by atoms with E-state index in [0.717, 1.165) is 25.1 Å². The van der Waals surface area contributed by atoms with E-state index in [9.17, 15) is 4.79 Å². The number of nitrogens with zero attached hydrogens (tertiary/aromatic N) is 1. The first-order chi connectivity index (χ1) is 12.5. The van der Waals surface area contributed by atoms with Crippen molar-refractivity contribution >= 4 is 6.09 Å². The fraction of sp³-hybridized carbons (Fsp3) is 0.696. The number of fused-ring (bicyclic) bond motifs is 4. The summed E-state index contributed by atoms with van der Waals surface area (Å²) in [6.45, 7) is 15.6. The lowest BCUT2D eigenvalue weighted by molar-refractivity contribution is -0.0471. The molecule has 1 saturated heterocycles. The minimum absolute atomic E-state index is 0.00383. The number of rotatable bonds is 2. The highest BCUT2D eigenvalue weighted by Gasteiger charge is 2.54. The monoisotopic (exact) mass is 373 g/mol. The van der Waals surface area contributed by atoms with Crippen molar-refractivity contribution in [3.63, 3.8) is 0 Å². The van der Waals surface area contributed by atoms with Gasteiger partial charge in [0.1, 0.15) is 11.4 Å². The highest BCUT2D eigenvalue weighted by Crippen LogP contribution is 2.55. The summed E-state index contributed by atoms with van der Waals surface area (Å²) in [6.07, 6.45) is 1.72. The average molecular weight is 374 g/mol. The normalized spacial score (nSPS) is 26.4. The summed E-state index contributed by atoms with van der Waals surface area (Å²) in [7, 11) is 1.73. The fourth-order valence-corrected chi connectivity index (χ4v) is 5.26. The Morgan fingerprint density at radius 2 is 1.96 bits per heavy atom. The maximum Gasteiger partial charge on any atom is 0.410 e. The first-order valence-electron chi connectivity index (χ1n) is 10.2. The molecule has 0 spiro atoms. The third-order valence-corrected chi connectivity index (χ3v) is 6.50. The molecule has 2 bridgehead atoms. The molecule has 2 aliphatic rings. The number of hydrogen-bond acceptors (Lipinski definition) is 3. The number of methoxy groups -OCH3 is 1. The van der Waals surface area contributed by atoms with Gasteiger partial charge in [0, 0.05) is 12.6 Å². The maximum absolute atomic E-state index is 13.0. The molecule has 0 radical (unpaired) electrons. The number of aryl methyl sites for hydroxylation is 1. The van der Waals surface area contributed by atoms with Crippen LogP contribution in [0, 0.1) is 18.3 Å². The summed E-state index contributed by atoms with van der Waals surface area (Å²) in [6, 6.07) is 4.65. The second-order valence-electron chi connectivity index (χ2n) is 9.84. The van der Waals surface area contributed by atoms with E-state index >= 15 is 0 Å². The van der Waals surface area contributed by atoms with Gasteiger partial charge in [0.2, 0.25) is 0 Å². The Kier molecular flexibility index (Phi) is 4.98. The van der Waals surface area contributed by atoms with Crippen molar-refractivity contribution in [1.29, 1.82) is 0 Å². The molecule has 4 heteroatoms. The molecule has 1 unspecified atom stereocenters. The number of amides is 1.